The Hall–Kier alpha value is -3.70. The average molecular weight is 588 g/mol. The summed E-state index contributed by atoms with van der Waals surface area (Å²) >= 11 is 12.4. The summed E-state index contributed by atoms with van der Waals surface area (Å²) in [5.41, 5.74) is 0.369. The highest BCUT2D eigenvalue weighted by Gasteiger charge is 2.22. The summed E-state index contributed by atoms with van der Waals surface area (Å²) in [7, 11) is -4.58. The fourth-order valence-corrected chi connectivity index (χ4v) is 5.38. The zero-order chi connectivity index (χ0) is 28.3. The average Bonchev–Trinajstić information content (AvgIpc) is 2.89. The maximum absolute atomic E-state index is 13.3. The first-order chi connectivity index (χ1) is 18.5. The second-order valence-corrected chi connectivity index (χ2v) is 10.5. The van der Waals surface area contributed by atoms with Crippen LogP contribution in [-0.4, -0.2) is 30.6 Å². The van der Waals surface area contributed by atoms with Gasteiger partial charge in [-0.3, -0.25) is 9.35 Å². The van der Waals surface area contributed by atoms with E-state index in [2.05, 4.69) is 15.5 Å². The smallest absolute Gasteiger partial charge is 0.294 e. The summed E-state index contributed by atoms with van der Waals surface area (Å²) in [6, 6.07) is 15.9. The predicted octanol–water partition coefficient (Wildman–Crippen LogP) is 7.73. The highest BCUT2D eigenvalue weighted by molar-refractivity contribution is 7.85. The minimum Gasteiger partial charge on any atom is -0.505 e. The summed E-state index contributed by atoms with van der Waals surface area (Å²) in [5, 5.41) is 23.6. The Morgan fingerprint density at radius 3 is 2.46 bits per heavy atom. The van der Waals surface area contributed by atoms with E-state index in [1.54, 1.807) is 56.3 Å². The number of amides is 1. The van der Waals surface area contributed by atoms with E-state index in [1.807, 2.05) is 0 Å². The van der Waals surface area contributed by atoms with E-state index in [-0.39, 0.29) is 44.7 Å². The van der Waals surface area contributed by atoms with Crippen LogP contribution in [0.2, 0.25) is 10.0 Å². The van der Waals surface area contributed by atoms with E-state index in [1.165, 1.54) is 12.1 Å². The van der Waals surface area contributed by atoms with Crippen molar-refractivity contribution in [3.63, 3.8) is 0 Å². The lowest BCUT2D eigenvalue weighted by atomic mass is 10.0. The molecule has 9 nitrogen and oxygen atoms in total. The van der Waals surface area contributed by atoms with Crippen molar-refractivity contribution in [2.45, 2.75) is 25.2 Å². The van der Waals surface area contributed by atoms with E-state index in [4.69, 9.17) is 27.9 Å². The van der Waals surface area contributed by atoms with Crippen LogP contribution in [0.3, 0.4) is 0 Å². The van der Waals surface area contributed by atoms with Crippen LogP contribution in [0.5, 0.6) is 11.5 Å². The molecule has 0 aliphatic heterocycles. The predicted molar refractivity (Wildman–Crippen MR) is 151 cm³/mol. The van der Waals surface area contributed by atoms with Crippen LogP contribution in [0.4, 0.5) is 17.1 Å². The fraction of sp³-hybridized carbons (Fsp3) is 0.148. The molecule has 0 radical (unpaired) electrons. The van der Waals surface area contributed by atoms with Crippen molar-refractivity contribution in [1.29, 1.82) is 0 Å². The number of para-hydroxylation sites is 1. The highest BCUT2D eigenvalue weighted by Crippen LogP contribution is 2.41. The second-order valence-electron chi connectivity index (χ2n) is 8.27. The number of fused-ring (bicyclic) bond motifs is 1. The number of aromatic hydroxyl groups is 1. The van der Waals surface area contributed by atoms with Crippen molar-refractivity contribution in [3.8, 4) is 11.5 Å². The Balaban J connectivity index is 1.85. The highest BCUT2D eigenvalue weighted by atomic mass is 35.5. The number of nitrogens with zero attached hydrogens (tertiary/aromatic N) is 2. The van der Waals surface area contributed by atoms with Gasteiger partial charge in [-0.25, -0.2) is 0 Å². The van der Waals surface area contributed by atoms with Crippen LogP contribution in [0.25, 0.3) is 10.8 Å². The molecular formula is C27H23Cl2N3O6S. The molecule has 0 spiro atoms. The largest absolute Gasteiger partial charge is 0.505 e. The number of azo groups is 1. The van der Waals surface area contributed by atoms with Crippen LogP contribution in [-0.2, 0) is 16.5 Å². The van der Waals surface area contributed by atoms with E-state index < -0.39 is 26.7 Å². The number of benzene rings is 4. The van der Waals surface area contributed by atoms with Crippen LogP contribution in [0, 0.1) is 0 Å². The standard InChI is InChI=1S/C27H23Cl2N3O6S/c1-3-17-21(13-16(28)14-23(17)39(35,36)37)31-32-24-18-9-6-5-8-15(18)12-19(26(24)33)27(34)30-25-20(29)10-7-11-22(25)38-4-2/h5-14,33H,3-4H2,1-2H3,(H,30,34)(H,35,36,37). The molecule has 1 amide bonds. The molecule has 4 aromatic carbocycles. The SMILES string of the molecule is CCOc1cccc(Cl)c1NC(=O)c1cc2ccccc2c(N=Nc2cc(Cl)cc(S(=O)(=O)O)c2CC)c1O. The van der Waals surface area contributed by atoms with Gasteiger partial charge >= 0.3 is 0 Å². The minimum atomic E-state index is -4.58. The van der Waals surface area contributed by atoms with Crippen LogP contribution < -0.4 is 10.1 Å². The Kier molecular flexibility index (Phi) is 8.41. The molecule has 12 heteroatoms. The van der Waals surface area contributed by atoms with Gasteiger partial charge in [-0.15, -0.1) is 5.11 Å². The van der Waals surface area contributed by atoms with Gasteiger partial charge in [0.05, 0.1) is 22.9 Å². The van der Waals surface area contributed by atoms with Gasteiger partial charge in [-0.05, 0) is 49.1 Å². The van der Waals surface area contributed by atoms with Crippen LogP contribution in [0.1, 0.15) is 29.8 Å². The fourth-order valence-electron chi connectivity index (χ4n) is 4.05. The summed E-state index contributed by atoms with van der Waals surface area (Å²) in [6.45, 7) is 3.82. The van der Waals surface area contributed by atoms with Crippen molar-refractivity contribution < 1.29 is 27.6 Å². The van der Waals surface area contributed by atoms with Crippen LogP contribution >= 0.6 is 23.2 Å². The number of hydrogen-bond acceptors (Lipinski definition) is 7. The maximum atomic E-state index is 13.3. The zero-order valence-corrected chi connectivity index (χ0v) is 23.1. The Bertz CT molecular complexity index is 1720. The van der Waals surface area contributed by atoms with Gasteiger partial charge in [0.15, 0.2) is 5.75 Å². The molecule has 0 aliphatic carbocycles. The number of nitrogens with one attached hydrogen (secondary N) is 1. The number of halogens is 2. The van der Waals surface area contributed by atoms with Crippen molar-refractivity contribution >= 4 is 67.1 Å². The Labute approximate surface area is 234 Å². The molecule has 0 fully saturated rings. The third kappa shape index (κ3) is 5.99. The van der Waals surface area contributed by atoms with E-state index in [0.29, 0.717) is 23.1 Å². The molecule has 0 atom stereocenters. The van der Waals surface area contributed by atoms with Gasteiger partial charge < -0.3 is 15.2 Å². The summed E-state index contributed by atoms with van der Waals surface area (Å²) in [5.74, 6) is -0.773. The number of rotatable bonds is 8. The molecule has 39 heavy (non-hydrogen) atoms. The Morgan fingerprint density at radius 1 is 1.03 bits per heavy atom. The molecule has 0 heterocycles. The van der Waals surface area contributed by atoms with E-state index in [0.717, 1.165) is 6.07 Å². The van der Waals surface area contributed by atoms with E-state index >= 15 is 0 Å². The summed E-state index contributed by atoms with van der Waals surface area (Å²) in [4.78, 5) is 13.0. The number of carbonyl (C=O) groups excluding carboxylic acids is 1. The van der Waals surface area contributed by atoms with Gasteiger partial charge in [0.25, 0.3) is 16.0 Å². The monoisotopic (exact) mass is 587 g/mol. The first kappa shape index (κ1) is 28.3. The first-order valence-electron chi connectivity index (χ1n) is 11.7. The Morgan fingerprint density at radius 2 is 1.77 bits per heavy atom. The number of ether oxygens (including phenoxy) is 1. The molecule has 4 aromatic rings. The van der Waals surface area contributed by atoms with Gasteiger partial charge in [0.2, 0.25) is 0 Å². The van der Waals surface area contributed by atoms with Crippen LogP contribution in [0.15, 0.2) is 75.8 Å². The van der Waals surface area contributed by atoms with Crippen molar-refractivity contribution in [2.75, 3.05) is 11.9 Å². The lowest BCUT2D eigenvalue weighted by Gasteiger charge is -2.15. The van der Waals surface area contributed by atoms with Gasteiger partial charge in [0, 0.05) is 16.0 Å². The van der Waals surface area contributed by atoms with Crippen molar-refractivity contribution in [1.82, 2.24) is 0 Å². The topological polar surface area (TPSA) is 138 Å². The van der Waals surface area contributed by atoms with Gasteiger partial charge in [-0.1, -0.05) is 60.5 Å². The quantitative estimate of drug-likeness (QED) is 0.142. The molecular weight excluding hydrogens is 565 g/mol. The molecule has 0 saturated carbocycles. The minimum absolute atomic E-state index is 0.0147. The second kappa shape index (κ2) is 11.6. The number of phenolic OH excluding ortho intramolecular Hbond substituents is 1. The molecule has 4 rings (SSSR count). The third-order valence-electron chi connectivity index (χ3n) is 5.79. The molecule has 0 saturated heterocycles. The molecule has 0 unspecified atom stereocenters. The number of hydrogen-bond donors (Lipinski definition) is 3. The maximum Gasteiger partial charge on any atom is 0.294 e. The van der Waals surface area contributed by atoms with Gasteiger partial charge in [-0.2, -0.15) is 13.5 Å². The summed E-state index contributed by atoms with van der Waals surface area (Å²) < 4.78 is 39.0. The number of phenols is 1. The van der Waals surface area contributed by atoms with Crippen molar-refractivity contribution in [3.05, 3.63) is 81.8 Å². The zero-order valence-electron chi connectivity index (χ0n) is 20.8. The lowest BCUT2D eigenvalue weighted by Crippen LogP contribution is -2.14. The van der Waals surface area contributed by atoms with Gasteiger partial charge in [0.1, 0.15) is 22.0 Å². The summed E-state index contributed by atoms with van der Waals surface area (Å²) in [6.07, 6.45) is 0.190. The molecule has 3 N–H and O–H groups in total. The molecule has 202 valence electrons. The molecule has 0 bridgehead atoms. The molecule has 0 aliphatic rings. The lowest BCUT2D eigenvalue weighted by molar-refractivity contribution is 0.102. The normalized spacial score (nSPS) is 11.7. The molecule has 0 aromatic heterocycles. The van der Waals surface area contributed by atoms with E-state index in [9.17, 15) is 22.9 Å². The number of carbonyl (C=O) groups is 1. The number of anilines is 1. The first-order valence-corrected chi connectivity index (χ1v) is 13.9. The van der Waals surface area contributed by atoms with Crippen molar-refractivity contribution in [2.24, 2.45) is 10.2 Å². The third-order valence-corrected chi connectivity index (χ3v) is 7.25.